The van der Waals surface area contributed by atoms with E-state index in [4.69, 9.17) is 39.4 Å². The molecule has 4 rings (SSSR count). The highest BCUT2D eigenvalue weighted by Crippen LogP contribution is 2.33. The Morgan fingerprint density at radius 3 is 2.33 bits per heavy atom. The maximum atomic E-state index is 13.3. The van der Waals surface area contributed by atoms with Crippen molar-refractivity contribution in [3.63, 3.8) is 0 Å². The highest BCUT2D eigenvalue weighted by atomic mass is 35.5. The van der Waals surface area contributed by atoms with E-state index in [-0.39, 0.29) is 29.8 Å². The van der Waals surface area contributed by atoms with Crippen LogP contribution in [0, 0.1) is 6.92 Å². The molecule has 3 aromatic carbocycles. The summed E-state index contributed by atoms with van der Waals surface area (Å²) in [6.45, 7) is 1.63. The maximum absolute atomic E-state index is 13.3. The topological polar surface area (TPSA) is 167 Å². The third-order valence-electron chi connectivity index (χ3n) is 5.78. The smallest absolute Gasteiger partial charge is 0.332 e. The third kappa shape index (κ3) is 6.80. The molecule has 0 aliphatic rings. The maximum Gasteiger partial charge on any atom is 0.332 e. The quantitative estimate of drug-likeness (QED) is 0.224. The fraction of sp³-hybridized carbons (Fsp3) is 0.120. The zero-order valence-electron chi connectivity index (χ0n) is 20.7. The summed E-state index contributed by atoms with van der Waals surface area (Å²) in [5, 5.41) is 0.696. The molecule has 0 aliphatic carbocycles. The minimum Gasteiger partial charge on any atom is -0.487 e. The number of nitrogens with one attached hydrogen (secondary N) is 1. The highest BCUT2D eigenvalue weighted by Gasteiger charge is 2.20. The number of aromatic nitrogens is 2. The molecule has 10 nitrogen and oxygen atoms in total. The second-order valence-corrected chi connectivity index (χ2v) is 12.5. The van der Waals surface area contributed by atoms with E-state index in [2.05, 4.69) is 14.7 Å². The van der Waals surface area contributed by atoms with Crippen molar-refractivity contribution in [2.24, 2.45) is 0 Å². The summed E-state index contributed by atoms with van der Waals surface area (Å²) in [7, 11) is -9.18. The van der Waals surface area contributed by atoms with Crippen molar-refractivity contribution >= 4 is 55.2 Å². The van der Waals surface area contributed by atoms with Gasteiger partial charge in [0.15, 0.2) is 0 Å². The van der Waals surface area contributed by atoms with Crippen LogP contribution in [-0.2, 0) is 33.4 Å². The number of sulfonamides is 1. The fourth-order valence-electron chi connectivity index (χ4n) is 3.77. The van der Waals surface area contributed by atoms with Crippen molar-refractivity contribution in [2.45, 2.75) is 29.9 Å². The monoisotopic (exact) mass is 625 g/mol. The van der Waals surface area contributed by atoms with Gasteiger partial charge in [0.05, 0.1) is 25.5 Å². The van der Waals surface area contributed by atoms with Gasteiger partial charge in [0.1, 0.15) is 18.2 Å². The molecule has 0 bridgehead atoms. The van der Waals surface area contributed by atoms with Gasteiger partial charge in [0, 0.05) is 12.1 Å². The van der Waals surface area contributed by atoms with Crippen molar-refractivity contribution in [3.8, 4) is 16.9 Å². The van der Waals surface area contributed by atoms with Crippen molar-refractivity contribution < 1.29 is 25.5 Å². The van der Waals surface area contributed by atoms with Crippen molar-refractivity contribution in [3.05, 3.63) is 87.5 Å². The molecule has 15 heteroatoms. The van der Waals surface area contributed by atoms with Crippen molar-refractivity contribution in [2.75, 3.05) is 11.5 Å². The van der Waals surface area contributed by atoms with Crippen LogP contribution >= 0.6 is 23.2 Å². The molecule has 5 N–H and O–H groups in total. The number of halogens is 3. The second-order valence-electron chi connectivity index (χ2n) is 8.53. The van der Waals surface area contributed by atoms with E-state index < -0.39 is 25.1 Å². The van der Waals surface area contributed by atoms with Crippen molar-refractivity contribution in [1.82, 2.24) is 14.7 Å². The Balaban J connectivity index is 1.50. The van der Waals surface area contributed by atoms with Gasteiger partial charge in [-0.3, -0.25) is 0 Å². The Hall–Kier alpha value is -3.49. The Kier molecular flexibility index (Phi) is 8.52. The van der Waals surface area contributed by atoms with Crippen LogP contribution in [0.2, 0.25) is 10.0 Å². The van der Waals surface area contributed by atoms with E-state index in [1.165, 1.54) is 6.07 Å². The van der Waals surface area contributed by atoms with Crippen LogP contribution < -0.4 is 20.9 Å². The van der Waals surface area contributed by atoms with Crippen LogP contribution in [0.25, 0.3) is 11.1 Å². The Bertz CT molecular complexity index is 1820. The first-order chi connectivity index (χ1) is 18.7. The first kappa shape index (κ1) is 29.5. The van der Waals surface area contributed by atoms with E-state index in [1.807, 2.05) is 0 Å². The van der Waals surface area contributed by atoms with E-state index >= 15 is 0 Å². The SMILES string of the molecule is Cc1cc(OCc2nc(N)nc(N)c2-c2ccc(Cl)c(Cl)c2)ccc1CNS(=O)(=O)c1cccc(S(=O)(=O)F)c1. The van der Waals surface area contributed by atoms with E-state index in [1.54, 1.807) is 43.3 Å². The van der Waals surface area contributed by atoms with Crippen LogP contribution in [-0.4, -0.2) is 26.8 Å². The van der Waals surface area contributed by atoms with Gasteiger partial charge in [-0.2, -0.15) is 13.4 Å². The van der Waals surface area contributed by atoms with E-state index in [0.717, 1.165) is 18.2 Å². The molecule has 0 unspecified atom stereocenters. The van der Waals surface area contributed by atoms with Crippen LogP contribution in [0.1, 0.15) is 16.8 Å². The molecule has 0 amide bonds. The molecule has 40 heavy (non-hydrogen) atoms. The number of rotatable bonds is 9. The lowest BCUT2D eigenvalue weighted by Crippen LogP contribution is -2.23. The minimum atomic E-state index is -5.06. The molecule has 0 atom stereocenters. The molecular weight excluding hydrogens is 604 g/mol. The Morgan fingerprint density at radius 2 is 1.65 bits per heavy atom. The number of anilines is 2. The van der Waals surface area contributed by atoms with E-state index in [0.29, 0.717) is 43.7 Å². The molecule has 0 aliphatic heterocycles. The molecule has 1 heterocycles. The summed E-state index contributed by atoms with van der Waals surface area (Å²) in [4.78, 5) is 7.17. The molecule has 1 aromatic heterocycles. The predicted molar refractivity (Wildman–Crippen MR) is 151 cm³/mol. The van der Waals surface area contributed by atoms with Gasteiger partial charge in [-0.25, -0.2) is 18.1 Å². The Labute approximate surface area is 240 Å². The molecular formula is C25H22Cl2FN5O5S2. The lowest BCUT2D eigenvalue weighted by molar-refractivity contribution is 0.301. The van der Waals surface area contributed by atoms with Crippen LogP contribution in [0.4, 0.5) is 15.7 Å². The number of benzene rings is 3. The summed E-state index contributed by atoms with van der Waals surface area (Å²) in [6.07, 6.45) is 0. The molecule has 4 aromatic rings. The standard InChI is InChI=1S/C25H22Cl2FN5O5S2/c1-14-9-17(7-5-16(14)12-31-40(36,37)19-4-2-3-18(11-19)39(28,34)35)38-13-22-23(24(29)33-25(30)32-22)15-6-8-20(26)21(27)10-15/h2-11,31H,12-13H2,1H3,(H4,29,30,32,33). The Morgan fingerprint density at radius 1 is 0.925 bits per heavy atom. The second kappa shape index (κ2) is 11.6. The van der Waals surface area contributed by atoms with Crippen LogP contribution in [0.5, 0.6) is 5.75 Å². The lowest BCUT2D eigenvalue weighted by atomic mass is 10.0. The number of hydrogen-bond donors (Lipinski definition) is 3. The average molecular weight is 627 g/mol. The van der Waals surface area contributed by atoms with Crippen LogP contribution in [0.3, 0.4) is 0 Å². The number of nitrogens with two attached hydrogens (primary N) is 2. The lowest BCUT2D eigenvalue weighted by Gasteiger charge is -2.15. The number of aryl methyl sites for hydroxylation is 1. The normalized spacial score (nSPS) is 11.9. The molecule has 0 saturated carbocycles. The summed E-state index contributed by atoms with van der Waals surface area (Å²) in [5.74, 6) is 0.562. The van der Waals surface area contributed by atoms with Crippen molar-refractivity contribution in [1.29, 1.82) is 0 Å². The molecule has 210 valence electrons. The largest absolute Gasteiger partial charge is 0.487 e. The van der Waals surface area contributed by atoms with Gasteiger partial charge in [-0.05, 0) is 66.1 Å². The molecule has 0 spiro atoms. The van der Waals surface area contributed by atoms with Gasteiger partial charge in [-0.1, -0.05) is 41.4 Å². The highest BCUT2D eigenvalue weighted by molar-refractivity contribution is 7.89. The molecule has 0 fully saturated rings. The number of hydrogen-bond acceptors (Lipinski definition) is 9. The minimum absolute atomic E-state index is 0.0221. The number of ether oxygens (including phenoxy) is 1. The zero-order chi connectivity index (χ0) is 29.2. The molecule has 0 saturated heterocycles. The van der Waals surface area contributed by atoms with Gasteiger partial charge < -0.3 is 16.2 Å². The number of nitrogens with zero attached hydrogens (tertiary/aromatic N) is 2. The number of nitrogen functional groups attached to an aromatic ring is 2. The van der Waals surface area contributed by atoms with Gasteiger partial charge in [0.25, 0.3) is 0 Å². The predicted octanol–water partition coefficient (Wildman–Crippen LogP) is 4.64. The first-order valence-electron chi connectivity index (χ1n) is 11.4. The van der Waals surface area contributed by atoms with Gasteiger partial charge in [-0.15, -0.1) is 3.89 Å². The van der Waals surface area contributed by atoms with Gasteiger partial charge in [0.2, 0.25) is 16.0 Å². The summed E-state index contributed by atoms with van der Waals surface area (Å²) in [6, 6.07) is 14.0. The molecule has 0 radical (unpaired) electrons. The van der Waals surface area contributed by atoms with Crippen LogP contribution in [0.15, 0.2) is 70.5 Å². The van der Waals surface area contributed by atoms with Gasteiger partial charge >= 0.3 is 10.2 Å². The third-order valence-corrected chi connectivity index (χ3v) is 8.73. The summed E-state index contributed by atoms with van der Waals surface area (Å²) in [5.41, 5.74) is 14.8. The van der Waals surface area contributed by atoms with E-state index in [9.17, 15) is 20.7 Å². The summed E-state index contributed by atoms with van der Waals surface area (Å²) < 4.78 is 69.2. The average Bonchev–Trinajstić information content (AvgIpc) is 2.88. The zero-order valence-corrected chi connectivity index (χ0v) is 23.9. The first-order valence-corrected chi connectivity index (χ1v) is 15.0. The fourth-order valence-corrected chi connectivity index (χ4v) is 5.71. The summed E-state index contributed by atoms with van der Waals surface area (Å²) >= 11 is 12.2.